The van der Waals surface area contributed by atoms with Gasteiger partial charge in [-0.05, 0) is 27.2 Å². The number of piperidine rings is 1. The predicted octanol–water partition coefficient (Wildman–Crippen LogP) is 2.65. The lowest BCUT2D eigenvalue weighted by molar-refractivity contribution is -0.144. The maximum absolute atomic E-state index is 14.4. The summed E-state index contributed by atoms with van der Waals surface area (Å²) in [6.07, 6.45) is 0.992. The largest absolute Gasteiger partial charge is 0.495 e. The van der Waals surface area contributed by atoms with Crippen molar-refractivity contribution in [3.8, 4) is 5.75 Å². The van der Waals surface area contributed by atoms with E-state index in [1.807, 2.05) is 0 Å². The Balaban J connectivity index is 2.27. The average molecular weight is 354 g/mol. The van der Waals surface area contributed by atoms with Crippen LogP contribution in [0.1, 0.15) is 38.8 Å². The van der Waals surface area contributed by atoms with Crippen molar-refractivity contribution in [3.63, 3.8) is 0 Å². The molecule has 1 aromatic rings. The van der Waals surface area contributed by atoms with E-state index in [0.717, 1.165) is 6.07 Å². The van der Waals surface area contributed by atoms with Crippen molar-refractivity contribution < 1.29 is 28.6 Å². The number of aliphatic carboxylic acids is 1. The quantitative estimate of drug-likeness (QED) is 0.898. The van der Waals surface area contributed by atoms with Crippen LogP contribution in [0.4, 0.5) is 9.18 Å². The molecule has 1 aliphatic heterocycles. The molecule has 2 atom stereocenters. The summed E-state index contributed by atoms with van der Waals surface area (Å²) in [5.74, 6) is -3.03. The highest BCUT2D eigenvalue weighted by atomic mass is 19.1. The van der Waals surface area contributed by atoms with Gasteiger partial charge in [-0.25, -0.2) is 9.18 Å². The molecule has 1 saturated heterocycles. The van der Waals surface area contributed by atoms with Gasteiger partial charge in [0.2, 0.25) is 0 Å². The van der Waals surface area contributed by atoms with Crippen LogP contribution in [0.15, 0.2) is 12.3 Å². The molecule has 8 heteroatoms. The lowest BCUT2D eigenvalue weighted by Crippen LogP contribution is -2.47. The summed E-state index contributed by atoms with van der Waals surface area (Å²) in [6, 6.07) is 1.16. The van der Waals surface area contributed by atoms with Gasteiger partial charge >= 0.3 is 12.1 Å². The second-order valence-electron chi connectivity index (χ2n) is 7.01. The first-order chi connectivity index (χ1) is 11.6. The molecule has 2 rings (SSSR count). The number of halogens is 1. The van der Waals surface area contributed by atoms with Crippen LogP contribution in [-0.4, -0.2) is 52.9 Å². The Bertz CT molecular complexity index is 659. The highest BCUT2D eigenvalue weighted by Gasteiger charge is 2.40. The normalized spacial score (nSPS) is 20.9. The molecule has 1 N–H and O–H groups in total. The third-order valence-corrected chi connectivity index (χ3v) is 4.01. The average Bonchev–Trinajstić information content (AvgIpc) is 2.52. The number of likely N-dealkylation sites (tertiary alicyclic amines) is 1. The molecule has 1 fully saturated rings. The Morgan fingerprint density at radius 1 is 1.40 bits per heavy atom. The molecule has 1 amide bonds. The third-order valence-electron chi connectivity index (χ3n) is 4.01. The number of methoxy groups -OCH3 is 1. The zero-order valence-electron chi connectivity index (χ0n) is 14.8. The van der Waals surface area contributed by atoms with Gasteiger partial charge in [-0.1, -0.05) is 0 Å². The Labute approximate surface area is 145 Å². The first-order valence-electron chi connectivity index (χ1n) is 8.02. The minimum atomic E-state index is -1.04. The van der Waals surface area contributed by atoms with Crippen molar-refractivity contribution in [1.29, 1.82) is 0 Å². The molecule has 0 spiro atoms. The number of rotatable bonds is 3. The number of carboxylic acids is 1. The lowest BCUT2D eigenvalue weighted by atomic mass is 9.83. The summed E-state index contributed by atoms with van der Waals surface area (Å²) in [6.45, 7) is 5.51. The molecule has 1 aromatic heterocycles. The molecule has 0 radical (unpaired) electrons. The first kappa shape index (κ1) is 19.0. The number of nitrogens with zero attached hydrogens (tertiary/aromatic N) is 2. The first-order valence-corrected chi connectivity index (χ1v) is 8.02. The maximum atomic E-state index is 14.4. The number of carboxylic acid groups (broad SMARTS) is 1. The van der Waals surface area contributed by atoms with Gasteiger partial charge in [-0.15, -0.1) is 0 Å². The minimum absolute atomic E-state index is 0.0152. The Kier molecular flexibility index (Phi) is 5.49. The molecule has 0 aromatic carbocycles. The van der Waals surface area contributed by atoms with Crippen LogP contribution >= 0.6 is 0 Å². The van der Waals surface area contributed by atoms with Crippen LogP contribution in [0.2, 0.25) is 0 Å². The molecule has 138 valence electrons. The second-order valence-corrected chi connectivity index (χ2v) is 7.01. The fourth-order valence-electron chi connectivity index (χ4n) is 2.83. The van der Waals surface area contributed by atoms with E-state index in [-0.39, 0.29) is 31.0 Å². The summed E-state index contributed by atoms with van der Waals surface area (Å²) in [4.78, 5) is 29.3. The number of pyridine rings is 1. The van der Waals surface area contributed by atoms with Crippen molar-refractivity contribution in [2.45, 2.75) is 38.7 Å². The molecule has 0 unspecified atom stereocenters. The van der Waals surface area contributed by atoms with E-state index in [1.165, 1.54) is 18.2 Å². The Morgan fingerprint density at radius 2 is 2.08 bits per heavy atom. The summed E-state index contributed by atoms with van der Waals surface area (Å²) >= 11 is 0. The summed E-state index contributed by atoms with van der Waals surface area (Å²) in [5, 5.41) is 9.46. The van der Waals surface area contributed by atoms with Gasteiger partial charge < -0.3 is 19.5 Å². The fraction of sp³-hybridized carbons (Fsp3) is 0.588. The van der Waals surface area contributed by atoms with Crippen LogP contribution in [0.5, 0.6) is 5.75 Å². The topological polar surface area (TPSA) is 89.0 Å². The number of amides is 1. The number of aromatic nitrogens is 1. The molecule has 25 heavy (non-hydrogen) atoms. The zero-order valence-corrected chi connectivity index (χ0v) is 14.8. The fourth-order valence-corrected chi connectivity index (χ4v) is 2.83. The number of ether oxygens (including phenoxy) is 2. The van der Waals surface area contributed by atoms with E-state index < -0.39 is 35.3 Å². The van der Waals surface area contributed by atoms with E-state index in [2.05, 4.69) is 4.98 Å². The van der Waals surface area contributed by atoms with Crippen molar-refractivity contribution in [2.75, 3.05) is 20.2 Å². The molecule has 2 heterocycles. The van der Waals surface area contributed by atoms with Crippen LogP contribution in [0.3, 0.4) is 0 Å². The standard InChI is InChI=1S/C17H23FN2O5/c1-17(2,3)25-16(23)20-6-5-11(15(21)22)12(9-20)14-13(18)7-10(24-4)8-19-14/h7-8,11-12H,5-6,9H2,1-4H3,(H,21,22)/t11-,12-/m1/s1. The van der Waals surface area contributed by atoms with Crippen LogP contribution in [0.25, 0.3) is 0 Å². The lowest BCUT2D eigenvalue weighted by Gasteiger charge is -2.37. The van der Waals surface area contributed by atoms with Gasteiger partial charge in [-0.2, -0.15) is 0 Å². The second kappa shape index (κ2) is 7.25. The SMILES string of the molecule is COc1cnc([C@@H]2CN(C(=O)OC(C)(C)C)CC[C@H]2C(=O)O)c(F)c1. The van der Waals surface area contributed by atoms with Gasteiger partial charge in [0.25, 0.3) is 0 Å². The Hall–Kier alpha value is -2.38. The summed E-state index contributed by atoms with van der Waals surface area (Å²) in [7, 11) is 1.39. The molecular weight excluding hydrogens is 331 g/mol. The molecule has 0 bridgehead atoms. The van der Waals surface area contributed by atoms with Crippen LogP contribution in [0, 0.1) is 11.7 Å². The predicted molar refractivity (Wildman–Crippen MR) is 87.0 cm³/mol. The summed E-state index contributed by atoms with van der Waals surface area (Å²) < 4.78 is 24.6. The van der Waals surface area contributed by atoms with Gasteiger partial charge in [0.1, 0.15) is 17.2 Å². The maximum Gasteiger partial charge on any atom is 0.410 e. The molecule has 0 aliphatic carbocycles. The van der Waals surface area contributed by atoms with Crippen LogP contribution < -0.4 is 4.74 Å². The van der Waals surface area contributed by atoms with Crippen molar-refractivity contribution in [1.82, 2.24) is 9.88 Å². The highest BCUT2D eigenvalue weighted by molar-refractivity contribution is 5.73. The number of hydrogen-bond donors (Lipinski definition) is 1. The van der Waals surface area contributed by atoms with Crippen LogP contribution in [-0.2, 0) is 9.53 Å². The molecule has 0 saturated carbocycles. The number of carbonyl (C=O) groups is 2. The van der Waals surface area contributed by atoms with Crippen molar-refractivity contribution in [3.05, 3.63) is 23.8 Å². The van der Waals surface area contributed by atoms with E-state index in [0.29, 0.717) is 0 Å². The van der Waals surface area contributed by atoms with E-state index >= 15 is 0 Å². The number of carbonyl (C=O) groups excluding carboxylic acids is 1. The van der Waals surface area contributed by atoms with Gasteiger partial charge in [-0.3, -0.25) is 9.78 Å². The third kappa shape index (κ3) is 4.58. The minimum Gasteiger partial charge on any atom is -0.495 e. The summed E-state index contributed by atoms with van der Waals surface area (Å²) in [5.41, 5.74) is -0.652. The highest BCUT2D eigenvalue weighted by Crippen LogP contribution is 2.34. The zero-order chi connectivity index (χ0) is 18.8. The van der Waals surface area contributed by atoms with Gasteiger partial charge in [0.15, 0.2) is 0 Å². The van der Waals surface area contributed by atoms with Gasteiger partial charge in [0.05, 0.1) is 24.9 Å². The van der Waals surface area contributed by atoms with Crippen molar-refractivity contribution in [2.24, 2.45) is 5.92 Å². The monoisotopic (exact) mass is 354 g/mol. The van der Waals surface area contributed by atoms with Crippen molar-refractivity contribution >= 4 is 12.1 Å². The molecular formula is C17H23FN2O5. The molecule has 1 aliphatic rings. The number of hydrogen-bond acceptors (Lipinski definition) is 5. The smallest absolute Gasteiger partial charge is 0.410 e. The van der Waals surface area contributed by atoms with Gasteiger partial charge in [0, 0.05) is 25.1 Å². The van der Waals surface area contributed by atoms with E-state index in [9.17, 15) is 19.1 Å². The van der Waals surface area contributed by atoms with E-state index in [4.69, 9.17) is 9.47 Å². The van der Waals surface area contributed by atoms with E-state index in [1.54, 1.807) is 20.8 Å². The molecule has 7 nitrogen and oxygen atoms in total. The Morgan fingerprint density at radius 3 is 2.60 bits per heavy atom.